The molecular weight excluding hydrogens is 985 g/mol. The van der Waals surface area contributed by atoms with Gasteiger partial charge in [-0.1, -0.05) is 366 Å². The van der Waals surface area contributed by atoms with Crippen molar-refractivity contribution in [1.29, 1.82) is 0 Å². The van der Waals surface area contributed by atoms with E-state index in [9.17, 15) is 14.4 Å². The van der Waals surface area contributed by atoms with Crippen molar-refractivity contribution in [3.8, 4) is 0 Å². The van der Waals surface area contributed by atoms with Crippen LogP contribution in [0.2, 0.25) is 0 Å². The number of unbranched alkanes of at least 4 members (excludes halogenated alkanes) is 53. The number of hydrogen-bond acceptors (Lipinski definition) is 6. The van der Waals surface area contributed by atoms with Crippen LogP contribution in [0.4, 0.5) is 0 Å². The van der Waals surface area contributed by atoms with Gasteiger partial charge in [0.2, 0.25) is 0 Å². The van der Waals surface area contributed by atoms with Crippen molar-refractivity contribution in [3.05, 3.63) is 24.3 Å². The highest BCUT2D eigenvalue weighted by Gasteiger charge is 2.19. The van der Waals surface area contributed by atoms with Crippen LogP contribution < -0.4 is 0 Å². The molecule has 0 aliphatic carbocycles. The molecule has 0 fully saturated rings. The molecule has 0 heterocycles. The van der Waals surface area contributed by atoms with E-state index in [-0.39, 0.29) is 31.1 Å². The van der Waals surface area contributed by atoms with E-state index in [1.54, 1.807) is 0 Å². The molecule has 0 aromatic carbocycles. The van der Waals surface area contributed by atoms with Crippen molar-refractivity contribution in [2.75, 3.05) is 13.2 Å². The van der Waals surface area contributed by atoms with E-state index in [0.717, 1.165) is 70.6 Å². The molecule has 80 heavy (non-hydrogen) atoms. The molecule has 0 radical (unpaired) electrons. The Kier molecular flexibility index (Phi) is 67.6. The molecule has 0 saturated heterocycles. The van der Waals surface area contributed by atoms with Gasteiger partial charge in [-0.2, -0.15) is 0 Å². The number of rotatable bonds is 68. The lowest BCUT2D eigenvalue weighted by Crippen LogP contribution is -2.30. The molecular formula is C74H140O6. The van der Waals surface area contributed by atoms with Crippen molar-refractivity contribution in [2.45, 2.75) is 419 Å². The minimum absolute atomic E-state index is 0.0689. The van der Waals surface area contributed by atoms with Crippen molar-refractivity contribution >= 4 is 17.9 Å². The molecule has 0 aliphatic rings. The van der Waals surface area contributed by atoms with Crippen LogP contribution >= 0.6 is 0 Å². The van der Waals surface area contributed by atoms with Gasteiger partial charge in [0.25, 0.3) is 0 Å². The van der Waals surface area contributed by atoms with Gasteiger partial charge in [-0.05, 0) is 51.4 Å². The molecule has 0 saturated carbocycles. The third-order valence-corrected chi connectivity index (χ3v) is 16.7. The quantitative estimate of drug-likeness (QED) is 0.0261. The molecule has 0 N–H and O–H groups in total. The molecule has 0 aromatic heterocycles. The zero-order valence-electron chi connectivity index (χ0n) is 54.4. The summed E-state index contributed by atoms with van der Waals surface area (Å²) in [6, 6.07) is 0. The van der Waals surface area contributed by atoms with Crippen LogP contribution in [0.5, 0.6) is 0 Å². The largest absolute Gasteiger partial charge is 0.462 e. The van der Waals surface area contributed by atoms with Gasteiger partial charge in [0, 0.05) is 19.3 Å². The van der Waals surface area contributed by atoms with Crippen LogP contribution in [-0.4, -0.2) is 37.2 Å². The van der Waals surface area contributed by atoms with Crippen molar-refractivity contribution in [2.24, 2.45) is 0 Å². The van der Waals surface area contributed by atoms with E-state index < -0.39 is 6.10 Å². The van der Waals surface area contributed by atoms with Crippen molar-refractivity contribution in [3.63, 3.8) is 0 Å². The molecule has 0 rings (SSSR count). The van der Waals surface area contributed by atoms with Gasteiger partial charge in [-0.15, -0.1) is 0 Å². The van der Waals surface area contributed by atoms with Gasteiger partial charge < -0.3 is 14.2 Å². The van der Waals surface area contributed by atoms with Crippen LogP contribution in [0.25, 0.3) is 0 Å². The summed E-state index contributed by atoms with van der Waals surface area (Å²) >= 11 is 0. The Hall–Kier alpha value is -2.11. The summed E-state index contributed by atoms with van der Waals surface area (Å²) in [6.45, 7) is 6.67. The fraction of sp³-hybridized carbons (Fsp3) is 0.905. The minimum atomic E-state index is -0.771. The van der Waals surface area contributed by atoms with Crippen molar-refractivity contribution in [1.82, 2.24) is 0 Å². The Morgan fingerprint density at radius 1 is 0.250 bits per heavy atom. The summed E-state index contributed by atoms with van der Waals surface area (Å²) in [5, 5.41) is 0. The summed E-state index contributed by atoms with van der Waals surface area (Å²) in [5.41, 5.74) is 0. The second-order valence-corrected chi connectivity index (χ2v) is 24.9. The first-order valence-electron chi connectivity index (χ1n) is 36.3. The van der Waals surface area contributed by atoms with Gasteiger partial charge >= 0.3 is 17.9 Å². The van der Waals surface area contributed by atoms with Gasteiger partial charge in [0.15, 0.2) is 6.10 Å². The molecule has 0 spiro atoms. The van der Waals surface area contributed by atoms with Crippen molar-refractivity contribution < 1.29 is 28.6 Å². The lowest BCUT2D eigenvalue weighted by molar-refractivity contribution is -0.167. The molecule has 0 aliphatic heterocycles. The molecule has 0 bridgehead atoms. The third kappa shape index (κ3) is 66.7. The number of hydrogen-bond donors (Lipinski definition) is 0. The number of esters is 3. The van der Waals surface area contributed by atoms with E-state index in [0.29, 0.717) is 19.3 Å². The number of ether oxygens (including phenoxy) is 3. The van der Waals surface area contributed by atoms with E-state index in [1.165, 1.54) is 302 Å². The monoisotopic (exact) mass is 1130 g/mol. The zero-order valence-corrected chi connectivity index (χ0v) is 54.4. The van der Waals surface area contributed by atoms with E-state index >= 15 is 0 Å². The summed E-state index contributed by atoms with van der Waals surface area (Å²) in [7, 11) is 0. The second-order valence-electron chi connectivity index (χ2n) is 24.9. The average Bonchev–Trinajstić information content (AvgIpc) is 3.46. The predicted molar refractivity (Wildman–Crippen MR) is 349 cm³/mol. The van der Waals surface area contributed by atoms with E-state index in [1.807, 2.05) is 0 Å². The minimum Gasteiger partial charge on any atom is -0.462 e. The fourth-order valence-corrected chi connectivity index (χ4v) is 11.2. The smallest absolute Gasteiger partial charge is 0.306 e. The molecule has 1 atom stereocenters. The molecule has 0 aromatic rings. The first-order valence-corrected chi connectivity index (χ1v) is 36.3. The van der Waals surface area contributed by atoms with Gasteiger partial charge in [0.05, 0.1) is 0 Å². The first kappa shape index (κ1) is 77.9. The highest BCUT2D eigenvalue weighted by atomic mass is 16.6. The number of carbonyl (C=O) groups excluding carboxylic acids is 3. The van der Waals surface area contributed by atoms with E-state index in [4.69, 9.17) is 14.2 Å². The maximum Gasteiger partial charge on any atom is 0.306 e. The van der Waals surface area contributed by atoms with Crippen LogP contribution in [0.3, 0.4) is 0 Å². The molecule has 472 valence electrons. The average molecular weight is 1130 g/mol. The maximum atomic E-state index is 12.9. The Balaban J connectivity index is 3.97. The van der Waals surface area contributed by atoms with Gasteiger partial charge in [-0.25, -0.2) is 0 Å². The van der Waals surface area contributed by atoms with Gasteiger partial charge in [0.1, 0.15) is 13.2 Å². The first-order chi connectivity index (χ1) is 39.5. The normalized spacial score (nSPS) is 12.1. The second kappa shape index (κ2) is 69.4. The molecule has 6 nitrogen and oxygen atoms in total. The standard InChI is InChI=1S/C74H140O6/c1-4-7-10-13-16-19-21-23-25-27-29-30-31-32-33-34-35-36-37-38-39-40-41-42-43-44-45-47-48-50-52-55-58-61-64-67-73(76)79-70-71(69-78-72(75)66-63-60-57-54-18-15-12-9-6-3)80-74(77)68-65-62-59-56-53-51-49-46-28-26-24-22-20-17-14-11-8-5-2/h20,22,26,28,71H,4-19,21,23-25,27,29-70H2,1-3H3/b22-20-,28-26-. The number of allylic oxidation sites excluding steroid dienone is 4. The van der Waals surface area contributed by atoms with Crippen LogP contribution in [0.1, 0.15) is 412 Å². The Morgan fingerprint density at radius 3 is 0.700 bits per heavy atom. The van der Waals surface area contributed by atoms with Crippen LogP contribution in [0.15, 0.2) is 24.3 Å². The summed E-state index contributed by atoms with van der Waals surface area (Å²) < 4.78 is 16.9. The molecule has 1 unspecified atom stereocenters. The molecule has 6 heteroatoms. The highest BCUT2D eigenvalue weighted by Crippen LogP contribution is 2.19. The summed E-state index contributed by atoms with van der Waals surface area (Å²) in [5.74, 6) is -0.852. The summed E-state index contributed by atoms with van der Waals surface area (Å²) in [6.07, 6.45) is 85.4. The SMILES string of the molecule is CCCCCC/C=C\C/C=C\CCCCCCCCCC(=O)OC(COC(=O)CCCCCCCCCCC)COC(=O)CCCCCCCCCCCCCCCCCCCCCCCCCCCCCCCCCCCCC. The third-order valence-electron chi connectivity index (χ3n) is 16.7. The number of carbonyl (C=O) groups is 3. The molecule has 0 amide bonds. The Morgan fingerprint density at radius 2 is 0.450 bits per heavy atom. The Bertz CT molecular complexity index is 1290. The fourth-order valence-electron chi connectivity index (χ4n) is 11.2. The highest BCUT2D eigenvalue weighted by molar-refractivity contribution is 5.71. The van der Waals surface area contributed by atoms with Crippen LogP contribution in [-0.2, 0) is 28.6 Å². The predicted octanol–water partition coefficient (Wildman–Crippen LogP) is 25.0. The van der Waals surface area contributed by atoms with E-state index in [2.05, 4.69) is 45.1 Å². The van der Waals surface area contributed by atoms with Gasteiger partial charge in [-0.3, -0.25) is 14.4 Å². The maximum absolute atomic E-state index is 12.9. The Labute approximate surface area is 500 Å². The lowest BCUT2D eigenvalue weighted by Gasteiger charge is -2.18. The lowest BCUT2D eigenvalue weighted by atomic mass is 10.0. The topological polar surface area (TPSA) is 78.9 Å². The van der Waals surface area contributed by atoms with Crippen LogP contribution in [0, 0.1) is 0 Å². The summed E-state index contributed by atoms with van der Waals surface area (Å²) in [4.78, 5) is 38.2. The zero-order chi connectivity index (χ0) is 57.8.